The van der Waals surface area contributed by atoms with Crippen LogP contribution in [0.4, 0.5) is 24.5 Å². The maximum Gasteiger partial charge on any atom is 0.573 e. The Bertz CT molecular complexity index is 1120. The molecule has 0 atom stereocenters. The summed E-state index contributed by atoms with van der Waals surface area (Å²) in [5, 5.41) is 16.3. The summed E-state index contributed by atoms with van der Waals surface area (Å²) in [4.78, 5) is 24.7. The minimum atomic E-state index is -4.97. The van der Waals surface area contributed by atoms with Gasteiger partial charge in [-0.15, -0.1) is 13.2 Å². The first-order valence-corrected chi connectivity index (χ1v) is 10.2. The van der Waals surface area contributed by atoms with Gasteiger partial charge in [-0.05, 0) is 41.5 Å². The van der Waals surface area contributed by atoms with E-state index in [1.165, 1.54) is 12.1 Å². The summed E-state index contributed by atoms with van der Waals surface area (Å²) in [7, 11) is 0. The molecular weight excluding hydrogens is 451 g/mol. The van der Waals surface area contributed by atoms with Gasteiger partial charge >= 0.3 is 6.36 Å². The molecule has 0 radical (unpaired) electrons. The first-order chi connectivity index (χ1) is 16.2. The first kappa shape index (κ1) is 24.7. The number of amides is 2. The van der Waals surface area contributed by atoms with Crippen LogP contribution in [0.5, 0.6) is 5.75 Å². The quantitative estimate of drug-likeness (QED) is 0.352. The average Bonchev–Trinajstić information content (AvgIpc) is 2.81. The van der Waals surface area contributed by atoms with Crippen molar-refractivity contribution in [2.45, 2.75) is 6.36 Å². The van der Waals surface area contributed by atoms with Crippen LogP contribution in [-0.4, -0.2) is 43.0 Å². The maximum atomic E-state index is 12.7. The first-order valence-electron chi connectivity index (χ1n) is 10.2. The normalized spacial score (nSPS) is 11.1. The van der Waals surface area contributed by atoms with Crippen molar-refractivity contribution in [2.75, 3.05) is 30.3 Å². The van der Waals surface area contributed by atoms with E-state index >= 15 is 0 Å². The third-order valence-electron chi connectivity index (χ3n) is 4.57. The molecule has 2 amide bonds. The van der Waals surface area contributed by atoms with E-state index in [1.807, 2.05) is 30.3 Å². The van der Waals surface area contributed by atoms with Gasteiger partial charge in [-0.25, -0.2) is 0 Å². The van der Waals surface area contributed by atoms with Crippen LogP contribution in [0.15, 0.2) is 72.8 Å². The molecule has 0 aliphatic heterocycles. The molecule has 0 spiro atoms. The lowest BCUT2D eigenvalue weighted by molar-refractivity contribution is -0.274. The van der Waals surface area contributed by atoms with E-state index in [2.05, 4.69) is 20.7 Å². The summed E-state index contributed by atoms with van der Waals surface area (Å²) in [6, 6.07) is 19.8. The lowest BCUT2D eigenvalue weighted by Crippen LogP contribution is -2.30. The molecule has 3 aromatic carbocycles. The van der Waals surface area contributed by atoms with Gasteiger partial charge in [0.25, 0.3) is 5.91 Å². The summed E-state index contributed by atoms with van der Waals surface area (Å²) in [6.07, 6.45) is -4.97. The molecular formula is C24H22F3N3O4. The van der Waals surface area contributed by atoms with Gasteiger partial charge < -0.3 is 25.8 Å². The van der Waals surface area contributed by atoms with Crippen LogP contribution in [0, 0.1) is 0 Å². The van der Waals surface area contributed by atoms with Gasteiger partial charge in [0.15, 0.2) is 5.75 Å². The van der Waals surface area contributed by atoms with Crippen molar-refractivity contribution in [3.8, 4) is 16.9 Å². The van der Waals surface area contributed by atoms with Crippen molar-refractivity contribution in [1.29, 1.82) is 0 Å². The van der Waals surface area contributed by atoms with Crippen LogP contribution in [0.2, 0.25) is 0 Å². The second kappa shape index (κ2) is 11.3. The SMILES string of the molecule is O=C(CNCCO)Nc1cc(NC(=O)c2ccc(-c3ccccc3)cc2)ccc1OC(F)(F)F. The summed E-state index contributed by atoms with van der Waals surface area (Å²) < 4.78 is 42.2. The molecule has 7 nitrogen and oxygen atoms in total. The monoisotopic (exact) mass is 473 g/mol. The number of carbonyl (C=O) groups is 2. The Balaban J connectivity index is 1.75. The number of aliphatic hydroxyl groups excluding tert-OH is 1. The van der Waals surface area contributed by atoms with Gasteiger partial charge in [-0.2, -0.15) is 0 Å². The fourth-order valence-electron chi connectivity index (χ4n) is 3.04. The highest BCUT2D eigenvalue weighted by atomic mass is 19.4. The van der Waals surface area contributed by atoms with Crippen molar-refractivity contribution < 1.29 is 32.6 Å². The van der Waals surface area contributed by atoms with Crippen molar-refractivity contribution in [3.05, 3.63) is 78.4 Å². The van der Waals surface area contributed by atoms with Crippen molar-refractivity contribution >= 4 is 23.2 Å². The second-order valence-corrected chi connectivity index (χ2v) is 7.10. The Labute approximate surface area is 193 Å². The Kier molecular flexibility index (Phi) is 8.23. The summed E-state index contributed by atoms with van der Waals surface area (Å²) in [5.41, 5.74) is 2.14. The molecule has 10 heteroatoms. The predicted octanol–water partition coefficient (Wildman–Crippen LogP) is 4.02. The van der Waals surface area contributed by atoms with Crippen LogP contribution < -0.4 is 20.7 Å². The average molecular weight is 473 g/mol. The summed E-state index contributed by atoms with van der Waals surface area (Å²) in [5.74, 6) is -1.76. The van der Waals surface area contributed by atoms with Crippen LogP contribution >= 0.6 is 0 Å². The third kappa shape index (κ3) is 7.32. The van der Waals surface area contributed by atoms with E-state index in [1.54, 1.807) is 24.3 Å². The molecule has 0 aliphatic carbocycles. The number of alkyl halides is 3. The number of carbonyl (C=O) groups excluding carboxylic acids is 2. The van der Waals surface area contributed by atoms with E-state index in [-0.39, 0.29) is 31.1 Å². The highest BCUT2D eigenvalue weighted by molar-refractivity contribution is 6.05. The molecule has 0 aliphatic rings. The Morgan fingerprint density at radius 2 is 1.56 bits per heavy atom. The van der Waals surface area contributed by atoms with Crippen molar-refractivity contribution in [1.82, 2.24) is 5.32 Å². The summed E-state index contributed by atoms with van der Waals surface area (Å²) >= 11 is 0. The fraction of sp³-hybridized carbons (Fsp3) is 0.167. The number of hydrogen-bond donors (Lipinski definition) is 4. The smallest absolute Gasteiger partial charge is 0.404 e. The number of benzene rings is 3. The topological polar surface area (TPSA) is 99.7 Å². The highest BCUT2D eigenvalue weighted by Crippen LogP contribution is 2.33. The van der Waals surface area contributed by atoms with Crippen LogP contribution in [0.25, 0.3) is 11.1 Å². The fourth-order valence-corrected chi connectivity index (χ4v) is 3.04. The zero-order chi connectivity index (χ0) is 24.6. The largest absolute Gasteiger partial charge is 0.573 e. The molecule has 0 aromatic heterocycles. The molecule has 0 saturated carbocycles. The van der Waals surface area contributed by atoms with E-state index in [4.69, 9.17) is 5.11 Å². The van der Waals surface area contributed by atoms with Gasteiger partial charge in [0, 0.05) is 17.8 Å². The zero-order valence-corrected chi connectivity index (χ0v) is 17.9. The minimum Gasteiger partial charge on any atom is -0.404 e. The van der Waals surface area contributed by atoms with E-state index in [0.717, 1.165) is 17.2 Å². The van der Waals surface area contributed by atoms with Gasteiger partial charge in [-0.1, -0.05) is 42.5 Å². The minimum absolute atomic E-state index is 0.137. The third-order valence-corrected chi connectivity index (χ3v) is 4.57. The molecule has 0 fully saturated rings. The van der Waals surface area contributed by atoms with Crippen molar-refractivity contribution in [2.24, 2.45) is 0 Å². The van der Waals surface area contributed by atoms with E-state index < -0.39 is 23.9 Å². The number of rotatable bonds is 9. The lowest BCUT2D eigenvalue weighted by Gasteiger charge is -2.16. The Morgan fingerprint density at radius 3 is 2.21 bits per heavy atom. The molecule has 3 rings (SSSR count). The number of anilines is 2. The second-order valence-electron chi connectivity index (χ2n) is 7.10. The van der Waals surface area contributed by atoms with Gasteiger partial charge in [-0.3, -0.25) is 9.59 Å². The number of halogens is 3. The number of ether oxygens (including phenoxy) is 1. The molecule has 0 bridgehead atoms. The number of aliphatic hydroxyl groups is 1. The van der Waals surface area contributed by atoms with Crippen molar-refractivity contribution in [3.63, 3.8) is 0 Å². The molecule has 0 saturated heterocycles. The van der Waals surface area contributed by atoms with Crippen LogP contribution in [0.1, 0.15) is 10.4 Å². The molecule has 0 unspecified atom stereocenters. The van der Waals surface area contributed by atoms with E-state index in [9.17, 15) is 22.8 Å². The van der Waals surface area contributed by atoms with Gasteiger partial charge in [0.05, 0.1) is 18.8 Å². The Morgan fingerprint density at radius 1 is 0.882 bits per heavy atom. The zero-order valence-electron chi connectivity index (χ0n) is 17.9. The lowest BCUT2D eigenvalue weighted by atomic mass is 10.0. The number of nitrogens with one attached hydrogen (secondary N) is 3. The standard InChI is InChI=1S/C24H22F3N3O4/c25-24(26,27)34-21-11-10-19(14-20(21)30-22(32)15-28-12-13-31)29-23(33)18-8-6-17(7-9-18)16-4-2-1-3-5-16/h1-11,14,28,31H,12-13,15H2,(H,29,33)(H,30,32). The van der Waals surface area contributed by atoms with Gasteiger partial charge in [0.2, 0.25) is 5.91 Å². The summed E-state index contributed by atoms with van der Waals surface area (Å²) in [6.45, 7) is -0.307. The number of hydrogen-bond acceptors (Lipinski definition) is 5. The molecule has 178 valence electrons. The molecule has 34 heavy (non-hydrogen) atoms. The van der Waals surface area contributed by atoms with Crippen LogP contribution in [0.3, 0.4) is 0 Å². The van der Waals surface area contributed by atoms with Crippen LogP contribution in [-0.2, 0) is 4.79 Å². The molecule has 0 heterocycles. The van der Waals surface area contributed by atoms with Gasteiger partial charge in [0.1, 0.15) is 0 Å². The molecule has 3 aromatic rings. The highest BCUT2D eigenvalue weighted by Gasteiger charge is 2.32. The van der Waals surface area contributed by atoms with E-state index in [0.29, 0.717) is 5.56 Å². The molecule has 4 N–H and O–H groups in total. The Hall–Kier alpha value is -3.89. The maximum absolute atomic E-state index is 12.7. The predicted molar refractivity (Wildman–Crippen MR) is 122 cm³/mol.